The molecule has 0 amide bonds. The van der Waals surface area contributed by atoms with E-state index >= 15 is 0 Å². The van der Waals surface area contributed by atoms with E-state index in [1.54, 1.807) is 6.92 Å². The second-order valence-electron chi connectivity index (χ2n) is 13.1. The van der Waals surface area contributed by atoms with Crippen molar-refractivity contribution in [2.24, 2.45) is 0 Å². The zero-order valence-electron chi connectivity index (χ0n) is 29.3. The van der Waals surface area contributed by atoms with E-state index < -0.39 is 39.0 Å². The summed E-state index contributed by atoms with van der Waals surface area (Å²) in [5.74, 6) is -1.55. The normalized spacial score (nSPS) is 12.7. The summed E-state index contributed by atoms with van der Waals surface area (Å²) in [4.78, 5) is 22.3. The highest BCUT2D eigenvalue weighted by molar-refractivity contribution is 6.99. The van der Waals surface area contributed by atoms with E-state index in [4.69, 9.17) is 25.5 Å². The van der Waals surface area contributed by atoms with Crippen LogP contribution in [0.25, 0.3) is 16.6 Å². The van der Waals surface area contributed by atoms with Crippen LogP contribution in [0, 0.1) is 5.82 Å². The molecule has 0 aliphatic rings. The fraction of sp³-hybridized carbons (Fsp3) is 0.263. The highest BCUT2D eigenvalue weighted by atomic mass is 35.5. The van der Waals surface area contributed by atoms with Crippen LogP contribution in [-0.2, 0) is 17.6 Å². The van der Waals surface area contributed by atoms with Crippen molar-refractivity contribution in [2.75, 3.05) is 6.67 Å². The quantitative estimate of drug-likeness (QED) is 0.0882. The number of ether oxygens (including phenoxy) is 2. The van der Waals surface area contributed by atoms with E-state index in [0.717, 1.165) is 27.4 Å². The van der Waals surface area contributed by atoms with Gasteiger partial charge in [-0.05, 0) is 40.5 Å². The average molecular weight is 766 g/mol. The Labute approximate surface area is 308 Å². The van der Waals surface area contributed by atoms with Crippen LogP contribution in [0.3, 0.4) is 0 Å². The fourth-order valence-corrected chi connectivity index (χ4v) is 11.1. The van der Waals surface area contributed by atoms with Crippen molar-refractivity contribution in [1.82, 2.24) is 24.3 Å². The maximum atomic E-state index is 14.7. The predicted molar refractivity (Wildman–Crippen MR) is 197 cm³/mol. The largest absolute Gasteiger partial charge is 0.481 e. The Kier molecular flexibility index (Phi) is 11.0. The minimum Gasteiger partial charge on any atom is -0.481 e. The Balaban J connectivity index is 1.48. The van der Waals surface area contributed by atoms with Gasteiger partial charge in [0.1, 0.15) is 24.1 Å². The number of hydrogen-bond donors (Lipinski definition) is 0. The summed E-state index contributed by atoms with van der Waals surface area (Å²) in [7, 11) is -3.04. The molecule has 9 nitrogen and oxygen atoms in total. The number of nitrogens with zero attached hydrogens (tertiary/aromatic N) is 5. The second kappa shape index (κ2) is 15.5. The summed E-state index contributed by atoms with van der Waals surface area (Å²) in [6.07, 6.45) is -4.32. The number of aromatic nitrogens is 5. The molecule has 0 bridgehead atoms. The van der Waals surface area contributed by atoms with Gasteiger partial charge in [0.05, 0.1) is 22.8 Å². The highest BCUT2D eigenvalue weighted by Gasteiger charge is 2.50. The number of halogens is 5. The lowest BCUT2D eigenvalue weighted by Crippen LogP contribution is -2.66. The van der Waals surface area contributed by atoms with Crippen LogP contribution >= 0.6 is 11.6 Å². The van der Waals surface area contributed by atoms with Gasteiger partial charge in [0.15, 0.2) is 23.5 Å². The number of para-hydroxylation sites is 1. The summed E-state index contributed by atoms with van der Waals surface area (Å²) < 4.78 is 77.1. The van der Waals surface area contributed by atoms with Crippen LogP contribution in [-0.4, -0.2) is 51.8 Å². The monoisotopic (exact) mass is 765 g/mol. The van der Waals surface area contributed by atoms with E-state index in [0.29, 0.717) is 5.82 Å². The van der Waals surface area contributed by atoms with Crippen LogP contribution in [0.1, 0.15) is 33.5 Å². The molecule has 0 aliphatic heterocycles. The highest BCUT2D eigenvalue weighted by Crippen LogP contribution is 2.40. The summed E-state index contributed by atoms with van der Waals surface area (Å²) in [6, 6.07) is 26.5. The SMILES string of the molecule is CCn1c(CO[Si](c2ccccc2)(c2ccccc2)C(C)(C)C)nn(-c2cc(OC(CF)C(F)F)c3c(Oc4c(F)cccc4Cl)ncnc3c2)c1=O. The molecular weight excluding hydrogens is 730 g/mol. The van der Waals surface area contributed by atoms with Crippen LogP contribution in [0.5, 0.6) is 17.4 Å². The molecular formula is C38H36ClF4N5O4Si. The van der Waals surface area contributed by atoms with Crippen LogP contribution in [0.15, 0.2) is 102 Å². The third-order valence-corrected chi connectivity index (χ3v) is 14.1. The predicted octanol–water partition coefficient (Wildman–Crippen LogP) is 7.64. The van der Waals surface area contributed by atoms with Crippen molar-refractivity contribution >= 4 is 41.2 Å². The van der Waals surface area contributed by atoms with E-state index in [1.807, 2.05) is 36.4 Å². The van der Waals surface area contributed by atoms with Gasteiger partial charge < -0.3 is 13.9 Å². The number of fused-ring (bicyclic) bond motifs is 1. The molecule has 6 aromatic rings. The molecule has 0 spiro atoms. The van der Waals surface area contributed by atoms with Gasteiger partial charge in [0.2, 0.25) is 5.88 Å². The Bertz CT molecular complexity index is 2210. The fourth-order valence-electron chi connectivity index (χ4n) is 6.36. The van der Waals surface area contributed by atoms with Crippen LogP contribution in [0.2, 0.25) is 10.1 Å². The molecule has 53 heavy (non-hydrogen) atoms. The molecule has 0 radical (unpaired) electrons. The first-order valence-corrected chi connectivity index (χ1v) is 19.0. The number of benzene rings is 4. The molecule has 6 rings (SSSR count). The minimum absolute atomic E-state index is 0.0425. The maximum Gasteiger partial charge on any atom is 0.350 e. The van der Waals surface area contributed by atoms with Gasteiger partial charge in [-0.2, -0.15) is 4.68 Å². The Hall–Kier alpha value is -5.05. The van der Waals surface area contributed by atoms with Crippen LogP contribution < -0.4 is 25.5 Å². The van der Waals surface area contributed by atoms with E-state index in [-0.39, 0.29) is 57.2 Å². The van der Waals surface area contributed by atoms with Gasteiger partial charge >= 0.3 is 5.69 Å². The third kappa shape index (κ3) is 7.30. The number of rotatable bonds is 13. The van der Waals surface area contributed by atoms with Crippen molar-refractivity contribution in [3.63, 3.8) is 0 Å². The van der Waals surface area contributed by atoms with Crippen molar-refractivity contribution < 1.29 is 31.5 Å². The molecule has 1 atom stereocenters. The Morgan fingerprint density at radius 3 is 2.15 bits per heavy atom. The van der Waals surface area contributed by atoms with Gasteiger partial charge in [0, 0.05) is 12.6 Å². The Morgan fingerprint density at radius 2 is 1.58 bits per heavy atom. The first kappa shape index (κ1) is 37.7. The molecule has 2 aromatic heterocycles. The van der Waals surface area contributed by atoms with Gasteiger partial charge in [-0.25, -0.2) is 32.3 Å². The van der Waals surface area contributed by atoms with Crippen molar-refractivity contribution in [2.45, 2.75) is 58.4 Å². The smallest absolute Gasteiger partial charge is 0.350 e. The summed E-state index contributed by atoms with van der Waals surface area (Å²) in [6.45, 7) is 6.82. The first-order chi connectivity index (χ1) is 25.4. The molecule has 4 aromatic carbocycles. The molecule has 1 unspecified atom stereocenters. The molecule has 0 saturated carbocycles. The molecule has 0 N–H and O–H groups in total. The molecule has 2 heterocycles. The standard InChI is InChI=1S/C38H36ClF4N5O4Si/c1-5-47-32(22-50-53(38(2,3)4,25-13-8-6-9-14-25)26-15-10-7-11-16-26)46-48(37(47)49)24-19-29-33(30(20-24)51-31(21-40)35(42)43)36(45-23-44-29)52-34-27(39)17-12-18-28(34)41/h6-20,23,31,35H,5,21-22H2,1-4H3. The first-order valence-electron chi connectivity index (χ1n) is 16.7. The zero-order chi connectivity index (χ0) is 37.9. The number of alkyl halides is 3. The van der Waals surface area contributed by atoms with Gasteiger partial charge in [0.25, 0.3) is 14.7 Å². The zero-order valence-corrected chi connectivity index (χ0v) is 31.0. The minimum atomic E-state index is -3.22. The molecule has 0 aliphatic carbocycles. The van der Waals surface area contributed by atoms with Gasteiger partial charge in [-0.3, -0.25) is 4.57 Å². The van der Waals surface area contributed by atoms with Gasteiger partial charge in [-0.1, -0.05) is 99.1 Å². The summed E-state index contributed by atoms with van der Waals surface area (Å²) in [5, 5.41) is 6.20. The molecule has 15 heteroatoms. The van der Waals surface area contributed by atoms with Crippen LogP contribution in [0.4, 0.5) is 17.6 Å². The lowest BCUT2D eigenvalue weighted by atomic mass is 10.2. The molecule has 276 valence electrons. The Morgan fingerprint density at radius 1 is 0.925 bits per heavy atom. The van der Waals surface area contributed by atoms with E-state index in [1.165, 1.54) is 28.8 Å². The average Bonchev–Trinajstić information content (AvgIpc) is 3.47. The third-order valence-electron chi connectivity index (χ3n) is 8.82. The maximum absolute atomic E-state index is 14.7. The van der Waals surface area contributed by atoms with Crippen molar-refractivity contribution in [1.29, 1.82) is 0 Å². The summed E-state index contributed by atoms with van der Waals surface area (Å²) in [5.41, 5.74) is -0.444. The van der Waals surface area contributed by atoms with Crippen molar-refractivity contribution in [3.05, 3.63) is 124 Å². The van der Waals surface area contributed by atoms with E-state index in [9.17, 15) is 22.4 Å². The second-order valence-corrected chi connectivity index (χ2v) is 17.8. The number of hydrogen-bond acceptors (Lipinski definition) is 7. The molecule has 0 saturated heterocycles. The topological polar surface area (TPSA) is 93.3 Å². The van der Waals surface area contributed by atoms with E-state index in [2.05, 4.69) is 60.1 Å². The molecule has 0 fully saturated rings. The lowest BCUT2D eigenvalue weighted by molar-refractivity contribution is -0.000439. The lowest BCUT2D eigenvalue weighted by Gasteiger charge is -2.42. The summed E-state index contributed by atoms with van der Waals surface area (Å²) >= 11 is 6.18. The van der Waals surface area contributed by atoms with Crippen molar-refractivity contribution in [3.8, 4) is 23.1 Å². The van der Waals surface area contributed by atoms with Gasteiger partial charge in [-0.15, -0.1) is 5.10 Å².